The van der Waals surface area contributed by atoms with E-state index in [9.17, 15) is 5.21 Å². The lowest BCUT2D eigenvalue weighted by atomic mass is 9.77. The number of hydrogen-bond donors (Lipinski definition) is 1. The van der Waals surface area contributed by atoms with Crippen molar-refractivity contribution in [3.63, 3.8) is 0 Å². The van der Waals surface area contributed by atoms with Gasteiger partial charge in [-0.25, -0.2) is 0 Å². The van der Waals surface area contributed by atoms with E-state index in [0.29, 0.717) is 17.9 Å². The van der Waals surface area contributed by atoms with Gasteiger partial charge in [0.1, 0.15) is 5.75 Å². The molecule has 0 spiro atoms. The molecule has 2 aliphatic rings. The molecule has 1 heterocycles. The molecule has 1 aromatic carbocycles. The van der Waals surface area contributed by atoms with Crippen molar-refractivity contribution in [1.29, 1.82) is 0 Å². The Morgan fingerprint density at radius 3 is 2.61 bits per heavy atom. The van der Waals surface area contributed by atoms with Crippen molar-refractivity contribution < 1.29 is 9.94 Å². The van der Waals surface area contributed by atoms with Gasteiger partial charge in [0.2, 0.25) is 0 Å². The van der Waals surface area contributed by atoms with Crippen molar-refractivity contribution in [3.8, 4) is 5.75 Å². The molecule has 3 atom stereocenters. The lowest BCUT2D eigenvalue weighted by molar-refractivity contribution is -0.114. The second-order valence-corrected chi connectivity index (χ2v) is 5.52. The Kier molecular flexibility index (Phi) is 3.27. The van der Waals surface area contributed by atoms with Crippen LogP contribution in [0.5, 0.6) is 5.75 Å². The molecule has 1 saturated heterocycles. The fraction of sp³-hybridized carbons (Fsp3) is 0.600. The zero-order valence-electron chi connectivity index (χ0n) is 10.9. The van der Waals surface area contributed by atoms with E-state index in [4.69, 9.17) is 4.74 Å². The van der Waals surface area contributed by atoms with Gasteiger partial charge in [-0.2, -0.15) is 5.06 Å². The van der Waals surface area contributed by atoms with Gasteiger partial charge in [0.15, 0.2) is 0 Å². The highest BCUT2D eigenvalue weighted by Gasteiger charge is 2.42. The maximum absolute atomic E-state index is 10.1. The van der Waals surface area contributed by atoms with Gasteiger partial charge in [-0.15, -0.1) is 0 Å². The van der Waals surface area contributed by atoms with Gasteiger partial charge in [0.05, 0.1) is 7.11 Å². The highest BCUT2D eigenvalue weighted by molar-refractivity contribution is 5.31. The molecule has 3 heteroatoms. The van der Waals surface area contributed by atoms with E-state index in [1.807, 2.05) is 12.1 Å². The molecule has 0 aromatic heterocycles. The van der Waals surface area contributed by atoms with Gasteiger partial charge in [-0.05, 0) is 36.5 Å². The van der Waals surface area contributed by atoms with Crippen molar-refractivity contribution in [2.24, 2.45) is 5.92 Å². The van der Waals surface area contributed by atoms with Crippen LogP contribution in [0.25, 0.3) is 0 Å². The molecule has 18 heavy (non-hydrogen) atoms. The molecule has 0 radical (unpaired) electrons. The van der Waals surface area contributed by atoms with Crippen molar-refractivity contribution in [1.82, 2.24) is 5.06 Å². The predicted octanol–water partition coefficient (Wildman–Crippen LogP) is 3.04. The lowest BCUT2D eigenvalue weighted by Crippen LogP contribution is -2.32. The third-order valence-corrected chi connectivity index (χ3v) is 4.61. The van der Waals surface area contributed by atoms with Crippen LogP contribution in [-0.2, 0) is 0 Å². The fourth-order valence-corrected chi connectivity index (χ4v) is 3.66. The minimum absolute atomic E-state index is 0.380. The zero-order chi connectivity index (χ0) is 12.5. The molecule has 98 valence electrons. The lowest BCUT2D eigenvalue weighted by Gasteiger charge is -2.29. The van der Waals surface area contributed by atoms with Gasteiger partial charge in [0, 0.05) is 18.5 Å². The summed E-state index contributed by atoms with van der Waals surface area (Å²) in [6.07, 6.45) is 4.96. The largest absolute Gasteiger partial charge is 0.497 e. The van der Waals surface area contributed by atoms with Gasteiger partial charge in [0.25, 0.3) is 0 Å². The standard InChI is InChI=1S/C15H21NO2/c1-18-12-8-6-11(7-9-12)14-10-16(17)15-5-3-2-4-13(14)15/h6-9,13-15,17H,2-5,10H2,1H3/t13-,14-,15?/m0/s1. The summed E-state index contributed by atoms with van der Waals surface area (Å²) < 4.78 is 5.20. The van der Waals surface area contributed by atoms with Crippen LogP contribution in [0.2, 0.25) is 0 Å². The average molecular weight is 247 g/mol. The number of hydroxylamine groups is 2. The molecular weight excluding hydrogens is 226 g/mol. The summed E-state index contributed by atoms with van der Waals surface area (Å²) in [5.41, 5.74) is 1.34. The van der Waals surface area contributed by atoms with Crippen LogP contribution in [0.4, 0.5) is 0 Å². The Morgan fingerprint density at radius 2 is 1.89 bits per heavy atom. The Bertz CT molecular complexity index is 403. The van der Waals surface area contributed by atoms with Crippen LogP contribution >= 0.6 is 0 Å². The van der Waals surface area contributed by atoms with Crippen molar-refractivity contribution in [3.05, 3.63) is 29.8 Å². The number of nitrogens with zero attached hydrogens (tertiary/aromatic N) is 1. The molecule has 2 fully saturated rings. The average Bonchev–Trinajstić information content (AvgIpc) is 2.77. The van der Waals surface area contributed by atoms with E-state index in [1.165, 1.54) is 24.8 Å². The van der Waals surface area contributed by atoms with Gasteiger partial charge < -0.3 is 9.94 Å². The summed E-state index contributed by atoms with van der Waals surface area (Å²) in [5.74, 6) is 2.00. The second-order valence-electron chi connectivity index (χ2n) is 5.52. The molecular formula is C15H21NO2. The van der Waals surface area contributed by atoms with E-state index >= 15 is 0 Å². The Labute approximate surface area is 108 Å². The van der Waals surface area contributed by atoms with Gasteiger partial charge in [-0.3, -0.25) is 0 Å². The van der Waals surface area contributed by atoms with Crippen LogP contribution < -0.4 is 4.74 Å². The van der Waals surface area contributed by atoms with Crippen molar-refractivity contribution in [2.75, 3.05) is 13.7 Å². The van der Waals surface area contributed by atoms with Gasteiger partial charge >= 0.3 is 0 Å². The van der Waals surface area contributed by atoms with Crippen LogP contribution in [-0.4, -0.2) is 30.0 Å². The first kappa shape index (κ1) is 12.0. The van der Waals surface area contributed by atoms with E-state index in [1.54, 1.807) is 12.2 Å². The number of rotatable bonds is 2. The number of ether oxygens (including phenoxy) is 1. The highest BCUT2D eigenvalue weighted by Crippen LogP contribution is 2.44. The SMILES string of the molecule is COc1ccc([C@@H]2CN(O)C3CCCC[C@H]32)cc1. The van der Waals surface area contributed by atoms with Crippen LogP contribution in [0, 0.1) is 5.92 Å². The molecule has 0 bridgehead atoms. The first-order valence-electron chi connectivity index (χ1n) is 6.89. The molecule has 3 nitrogen and oxygen atoms in total. The summed E-state index contributed by atoms with van der Waals surface area (Å²) in [4.78, 5) is 0. The minimum atomic E-state index is 0.380. The van der Waals surface area contributed by atoms with Crippen LogP contribution in [0.1, 0.15) is 37.2 Å². The number of methoxy groups -OCH3 is 1. The third kappa shape index (κ3) is 2.02. The van der Waals surface area contributed by atoms with Crippen LogP contribution in [0.3, 0.4) is 0 Å². The fourth-order valence-electron chi connectivity index (χ4n) is 3.66. The van der Waals surface area contributed by atoms with Crippen LogP contribution in [0.15, 0.2) is 24.3 Å². The molecule has 1 aromatic rings. The first-order valence-corrected chi connectivity index (χ1v) is 6.89. The third-order valence-electron chi connectivity index (χ3n) is 4.61. The first-order chi connectivity index (χ1) is 8.79. The molecule has 3 rings (SSSR count). The smallest absolute Gasteiger partial charge is 0.118 e. The molecule has 1 aliphatic carbocycles. The Hall–Kier alpha value is -1.06. The van der Waals surface area contributed by atoms with E-state index in [0.717, 1.165) is 18.7 Å². The van der Waals surface area contributed by atoms with E-state index in [-0.39, 0.29) is 0 Å². The van der Waals surface area contributed by atoms with E-state index < -0.39 is 0 Å². The number of fused-ring (bicyclic) bond motifs is 1. The van der Waals surface area contributed by atoms with Crippen molar-refractivity contribution >= 4 is 0 Å². The maximum Gasteiger partial charge on any atom is 0.118 e. The van der Waals surface area contributed by atoms with E-state index in [2.05, 4.69) is 12.1 Å². The summed E-state index contributed by atoms with van der Waals surface area (Å²) in [6, 6.07) is 8.72. The summed E-state index contributed by atoms with van der Waals surface area (Å²) >= 11 is 0. The second kappa shape index (κ2) is 4.90. The quantitative estimate of drug-likeness (QED) is 0.872. The molecule has 1 saturated carbocycles. The highest BCUT2D eigenvalue weighted by atomic mass is 16.5. The zero-order valence-corrected chi connectivity index (χ0v) is 10.9. The summed E-state index contributed by atoms with van der Waals surface area (Å²) in [6.45, 7) is 0.779. The monoisotopic (exact) mass is 247 g/mol. The van der Waals surface area contributed by atoms with Crippen molar-refractivity contribution in [2.45, 2.75) is 37.6 Å². The number of hydrogen-bond acceptors (Lipinski definition) is 3. The molecule has 1 aliphatic heterocycles. The summed E-state index contributed by atoms with van der Waals surface area (Å²) in [7, 11) is 1.69. The topological polar surface area (TPSA) is 32.7 Å². The summed E-state index contributed by atoms with van der Waals surface area (Å²) in [5, 5.41) is 11.6. The minimum Gasteiger partial charge on any atom is -0.497 e. The number of benzene rings is 1. The maximum atomic E-state index is 10.1. The Morgan fingerprint density at radius 1 is 1.17 bits per heavy atom. The van der Waals surface area contributed by atoms with Gasteiger partial charge in [-0.1, -0.05) is 25.0 Å². The Balaban J connectivity index is 1.82. The normalized spacial score (nSPS) is 32.2. The predicted molar refractivity (Wildman–Crippen MR) is 70.0 cm³/mol. The molecule has 1 N–H and O–H groups in total. The molecule has 1 unspecified atom stereocenters. The molecule has 0 amide bonds.